The van der Waals surface area contributed by atoms with Gasteiger partial charge in [-0.15, -0.1) is 0 Å². The highest BCUT2D eigenvalue weighted by Crippen LogP contribution is 2.43. The number of nitrogens with zero attached hydrogens (tertiary/aromatic N) is 4. The largest absolute Gasteiger partial charge is 0.508 e. The van der Waals surface area contributed by atoms with Crippen molar-refractivity contribution in [1.82, 2.24) is 35.5 Å². The van der Waals surface area contributed by atoms with E-state index in [2.05, 4.69) is 59.6 Å². The number of hydrogen-bond donors (Lipinski definition) is 4. The van der Waals surface area contributed by atoms with Gasteiger partial charge >= 0.3 is 5.97 Å². The SMILES string of the molecule is CCn1c(-c2cccnc2[C@H](C)OC)c2c3cc(ccc31)-c1cc(O)cc(c1)C[C@H](NC(=O)[C@H](C(C)C)N1CC[C@]3(CCNC3)C1=O)C(=O)N1CCC[C@H](N1)C(=O)OCC(C)(C)C2. The molecule has 0 unspecified atom stereocenters. The molecular weight excluding hydrogens is 799 g/mol. The number of pyridine rings is 1. The number of carbonyl (C=O) groups excluding carboxylic acids is 4. The molecule has 6 heterocycles. The number of hydrazine groups is 1. The lowest BCUT2D eigenvalue weighted by Crippen LogP contribution is -2.62. The number of methoxy groups -OCH3 is 1. The van der Waals surface area contributed by atoms with E-state index in [1.807, 2.05) is 39.0 Å². The van der Waals surface area contributed by atoms with Crippen LogP contribution in [-0.4, -0.2) is 106 Å². The van der Waals surface area contributed by atoms with E-state index in [9.17, 15) is 24.3 Å². The van der Waals surface area contributed by atoms with E-state index < -0.39 is 46.7 Å². The molecule has 2 aromatic carbocycles. The van der Waals surface area contributed by atoms with Crippen LogP contribution in [0.25, 0.3) is 33.3 Å². The molecule has 3 fully saturated rings. The first-order chi connectivity index (χ1) is 30.1. The normalized spacial score (nSPS) is 23.9. The molecule has 2 aromatic heterocycles. The van der Waals surface area contributed by atoms with Crippen molar-refractivity contribution in [3.63, 3.8) is 0 Å². The Hall–Kier alpha value is -5.31. The predicted octanol–water partition coefficient (Wildman–Crippen LogP) is 5.69. The van der Waals surface area contributed by atoms with Crippen LogP contribution in [0.15, 0.2) is 54.7 Å². The summed E-state index contributed by atoms with van der Waals surface area (Å²) in [6.07, 6.45) is 4.54. The van der Waals surface area contributed by atoms with Crippen LogP contribution in [0.1, 0.15) is 90.2 Å². The molecule has 14 heteroatoms. The second-order valence-corrected chi connectivity index (χ2v) is 19.2. The van der Waals surface area contributed by atoms with Crippen LogP contribution >= 0.6 is 0 Å². The first kappa shape index (κ1) is 44.3. The average Bonchev–Trinajstić information content (AvgIpc) is 3.96. The number of phenols is 1. The molecular formula is C49H63N7O7. The molecule has 4 aliphatic heterocycles. The van der Waals surface area contributed by atoms with Gasteiger partial charge in [0.1, 0.15) is 23.9 Å². The fourth-order valence-corrected chi connectivity index (χ4v) is 10.4. The molecule has 4 N–H and O–H groups in total. The summed E-state index contributed by atoms with van der Waals surface area (Å²) in [6.45, 7) is 15.1. The van der Waals surface area contributed by atoms with Gasteiger partial charge in [0.15, 0.2) is 0 Å². The zero-order chi connectivity index (χ0) is 44.8. The molecule has 4 aliphatic rings. The number of ether oxygens (including phenoxy) is 2. The van der Waals surface area contributed by atoms with Gasteiger partial charge in [-0.1, -0.05) is 39.8 Å². The van der Waals surface area contributed by atoms with Crippen LogP contribution < -0.4 is 16.1 Å². The molecule has 0 saturated carbocycles. The van der Waals surface area contributed by atoms with Crippen molar-refractivity contribution in [2.75, 3.05) is 39.9 Å². The van der Waals surface area contributed by atoms with Crippen molar-refractivity contribution in [3.05, 3.63) is 71.5 Å². The number of esters is 1. The molecule has 3 amide bonds. The number of aryl methyl sites for hydroxylation is 1. The fourth-order valence-electron chi connectivity index (χ4n) is 10.4. The lowest BCUT2D eigenvalue weighted by Gasteiger charge is -2.37. The minimum atomic E-state index is -1.09. The maximum absolute atomic E-state index is 14.7. The molecule has 3 saturated heterocycles. The number of hydrogen-bond acceptors (Lipinski definition) is 10. The van der Waals surface area contributed by atoms with Crippen molar-refractivity contribution in [1.29, 1.82) is 0 Å². The van der Waals surface area contributed by atoms with Gasteiger partial charge in [0.25, 0.3) is 5.91 Å². The van der Waals surface area contributed by atoms with Crippen LogP contribution in [0.2, 0.25) is 0 Å². The molecule has 5 atom stereocenters. The van der Waals surface area contributed by atoms with Gasteiger partial charge in [0.2, 0.25) is 11.8 Å². The zero-order valence-electron chi connectivity index (χ0n) is 37.8. The molecule has 4 aromatic rings. The smallest absolute Gasteiger partial charge is 0.324 e. The van der Waals surface area contributed by atoms with Crippen LogP contribution in [0, 0.1) is 16.7 Å². The van der Waals surface area contributed by atoms with E-state index in [4.69, 9.17) is 14.5 Å². The number of benzene rings is 2. The maximum atomic E-state index is 14.7. The van der Waals surface area contributed by atoms with Crippen molar-refractivity contribution in [2.24, 2.45) is 16.7 Å². The summed E-state index contributed by atoms with van der Waals surface area (Å²) >= 11 is 0. The van der Waals surface area contributed by atoms with E-state index in [1.54, 1.807) is 30.3 Å². The third-order valence-corrected chi connectivity index (χ3v) is 13.7. The zero-order valence-corrected chi connectivity index (χ0v) is 37.8. The highest BCUT2D eigenvalue weighted by Gasteiger charge is 2.52. The number of fused-ring (bicyclic) bond motifs is 6. The predicted molar refractivity (Wildman–Crippen MR) is 240 cm³/mol. The van der Waals surface area contributed by atoms with Gasteiger partial charge in [-0.3, -0.25) is 29.2 Å². The van der Waals surface area contributed by atoms with Crippen LogP contribution in [0.4, 0.5) is 0 Å². The maximum Gasteiger partial charge on any atom is 0.324 e. The minimum absolute atomic E-state index is 0.0216. The summed E-state index contributed by atoms with van der Waals surface area (Å²) in [5.74, 6) is -1.52. The fraction of sp³-hybridized carbons (Fsp3) is 0.531. The first-order valence-electron chi connectivity index (χ1n) is 22.7. The summed E-state index contributed by atoms with van der Waals surface area (Å²) in [5.41, 5.74) is 9.27. The van der Waals surface area contributed by atoms with E-state index in [0.717, 1.165) is 57.5 Å². The molecule has 336 valence electrons. The van der Waals surface area contributed by atoms with Gasteiger partial charge in [-0.05, 0) is 117 Å². The van der Waals surface area contributed by atoms with E-state index in [0.29, 0.717) is 57.4 Å². The summed E-state index contributed by atoms with van der Waals surface area (Å²) in [4.78, 5) is 63.6. The van der Waals surface area contributed by atoms with Gasteiger partial charge in [0.05, 0.1) is 29.5 Å². The highest BCUT2D eigenvalue weighted by atomic mass is 16.5. The Kier molecular flexibility index (Phi) is 12.4. The summed E-state index contributed by atoms with van der Waals surface area (Å²) < 4.78 is 14.2. The van der Waals surface area contributed by atoms with E-state index in [-0.39, 0.29) is 36.7 Å². The van der Waals surface area contributed by atoms with Crippen molar-refractivity contribution in [2.45, 2.75) is 111 Å². The molecule has 14 nitrogen and oxygen atoms in total. The van der Waals surface area contributed by atoms with Gasteiger partial charge in [-0.25, -0.2) is 5.43 Å². The quantitative estimate of drug-likeness (QED) is 0.162. The average molecular weight is 862 g/mol. The van der Waals surface area contributed by atoms with Crippen molar-refractivity contribution < 1.29 is 33.8 Å². The summed E-state index contributed by atoms with van der Waals surface area (Å²) in [5, 5.41) is 20.2. The lowest BCUT2D eigenvalue weighted by molar-refractivity contribution is -0.155. The number of cyclic esters (lactones) is 1. The number of amides is 3. The van der Waals surface area contributed by atoms with E-state index in [1.165, 1.54) is 5.01 Å². The lowest BCUT2D eigenvalue weighted by atomic mass is 9.84. The summed E-state index contributed by atoms with van der Waals surface area (Å²) in [6, 6.07) is 13.0. The van der Waals surface area contributed by atoms with E-state index >= 15 is 0 Å². The number of nitrogens with one attached hydrogen (secondary N) is 3. The standard InChI is InChI=1S/C49H63N7O7/c1-8-54-40-14-13-32-25-36(40)37(43(54)35-11-9-17-51-41(35)30(4)62-7)26-48(5,6)28-63-46(60)38-12-10-19-56(53-38)45(59)39(23-31-21-33(32)24-34(57)22-31)52-44(58)42(29(2)3)55-20-16-49(47(55)61)15-18-50-27-49/h9,11,13-14,17,21-22,24-25,29-30,38-39,42,50,53,57H,8,10,12,15-16,18-20,23,26-28H2,1-7H3,(H,52,58)/t30-,38-,39-,42-,49-/m0/s1. The summed E-state index contributed by atoms with van der Waals surface area (Å²) in [7, 11) is 1.68. The monoisotopic (exact) mass is 861 g/mol. The van der Waals surface area contributed by atoms with Crippen molar-refractivity contribution in [3.8, 4) is 28.1 Å². The molecule has 8 rings (SSSR count). The number of aromatic nitrogens is 2. The Morgan fingerprint density at radius 1 is 1.06 bits per heavy atom. The number of aromatic hydroxyl groups is 1. The highest BCUT2D eigenvalue weighted by molar-refractivity contribution is 5.96. The van der Waals surface area contributed by atoms with Gasteiger partial charge < -0.3 is 34.7 Å². The molecule has 0 aliphatic carbocycles. The van der Waals surface area contributed by atoms with Crippen molar-refractivity contribution >= 4 is 34.6 Å². The molecule has 6 bridgehead atoms. The van der Waals surface area contributed by atoms with Crippen LogP contribution in [-0.2, 0) is 48.0 Å². The van der Waals surface area contributed by atoms with Gasteiger partial charge in [-0.2, -0.15) is 0 Å². The second kappa shape index (κ2) is 17.7. The molecule has 0 radical (unpaired) electrons. The van der Waals surface area contributed by atoms with Gasteiger partial charge in [0, 0.05) is 67.8 Å². The first-order valence-corrected chi connectivity index (χ1v) is 22.7. The second-order valence-electron chi connectivity index (χ2n) is 19.2. The third-order valence-electron chi connectivity index (χ3n) is 13.7. The third kappa shape index (κ3) is 8.57. The number of rotatable bonds is 8. The number of carbonyl (C=O) groups is 4. The van der Waals surface area contributed by atoms with Crippen LogP contribution in [0.3, 0.4) is 0 Å². The topological polar surface area (TPSA) is 167 Å². The molecule has 1 spiro atoms. The van der Waals surface area contributed by atoms with Crippen LogP contribution in [0.5, 0.6) is 5.75 Å². The Morgan fingerprint density at radius 3 is 2.60 bits per heavy atom. The Bertz CT molecular complexity index is 2400. The molecule has 63 heavy (non-hydrogen) atoms. The Labute approximate surface area is 370 Å². The number of phenolic OH excluding ortho intramolecular Hbond substituents is 1. The minimum Gasteiger partial charge on any atom is -0.508 e. The Balaban J connectivity index is 1.23. The Morgan fingerprint density at radius 2 is 1.87 bits per heavy atom. The number of likely N-dealkylation sites (tertiary alicyclic amines) is 1.